The van der Waals surface area contributed by atoms with Gasteiger partial charge in [0.15, 0.2) is 5.78 Å². The van der Waals surface area contributed by atoms with E-state index < -0.39 is 0 Å². The molecule has 1 atom stereocenters. The first-order valence-corrected chi connectivity index (χ1v) is 10.0. The van der Waals surface area contributed by atoms with Crippen LogP contribution in [0.3, 0.4) is 0 Å². The number of amidine groups is 1. The lowest BCUT2D eigenvalue weighted by Gasteiger charge is -2.28. The van der Waals surface area contributed by atoms with Gasteiger partial charge in [-0.25, -0.2) is 0 Å². The van der Waals surface area contributed by atoms with E-state index in [0.29, 0.717) is 6.54 Å². The second kappa shape index (κ2) is 8.67. The normalized spacial score (nSPS) is 21.4. The second-order valence-corrected chi connectivity index (χ2v) is 7.40. The molecular formula is C23H27N3O2. The Morgan fingerprint density at radius 1 is 1.11 bits per heavy atom. The summed E-state index contributed by atoms with van der Waals surface area (Å²) >= 11 is 0. The number of rotatable bonds is 5. The molecule has 0 radical (unpaired) electrons. The van der Waals surface area contributed by atoms with Crippen LogP contribution in [0.25, 0.3) is 0 Å². The van der Waals surface area contributed by atoms with E-state index in [1.54, 1.807) is 0 Å². The molecule has 0 spiro atoms. The second-order valence-electron chi connectivity index (χ2n) is 7.40. The minimum Gasteiger partial charge on any atom is -0.379 e. The molecule has 2 aliphatic rings. The van der Waals surface area contributed by atoms with Crippen molar-refractivity contribution >= 4 is 17.3 Å². The average Bonchev–Trinajstić information content (AvgIpc) is 2.73. The zero-order chi connectivity index (χ0) is 19.3. The first-order chi connectivity index (χ1) is 13.7. The summed E-state index contributed by atoms with van der Waals surface area (Å²) < 4.78 is 5.40. The molecular weight excluding hydrogens is 350 g/mol. The largest absolute Gasteiger partial charge is 0.379 e. The lowest BCUT2D eigenvalue weighted by Crippen LogP contribution is -2.37. The summed E-state index contributed by atoms with van der Waals surface area (Å²) in [6.45, 7) is 7.39. The summed E-state index contributed by atoms with van der Waals surface area (Å²) in [5.41, 5.74) is 3.73. The maximum atomic E-state index is 13.3. The summed E-state index contributed by atoms with van der Waals surface area (Å²) in [6.07, 6.45) is 0.974. The predicted molar refractivity (Wildman–Crippen MR) is 112 cm³/mol. The molecule has 0 bridgehead atoms. The lowest BCUT2D eigenvalue weighted by molar-refractivity contribution is 0.0377. The molecule has 0 aromatic heterocycles. The Bertz CT molecular complexity index is 872. The molecule has 1 saturated heterocycles. The monoisotopic (exact) mass is 377 g/mol. The standard InChI is InChI=1S/C23H27N3O2/c1-17-7-2-3-8-18(17)21-22(27)19-9-4-5-10-20(19)25-23(21)24-11-6-12-26-13-15-28-16-14-26/h2-5,7-10,21H,6,11-16H2,1H3,(H,24,25). The molecule has 5 heteroatoms. The maximum Gasteiger partial charge on any atom is 0.179 e. The van der Waals surface area contributed by atoms with Crippen LogP contribution in [0.4, 0.5) is 5.69 Å². The fraction of sp³-hybridized carbons (Fsp3) is 0.391. The molecule has 2 aliphatic heterocycles. The zero-order valence-electron chi connectivity index (χ0n) is 16.4. The summed E-state index contributed by atoms with van der Waals surface area (Å²) in [4.78, 5) is 20.6. The van der Waals surface area contributed by atoms with E-state index in [2.05, 4.69) is 23.2 Å². The van der Waals surface area contributed by atoms with Crippen LogP contribution in [-0.4, -0.2) is 55.9 Å². The number of benzene rings is 2. The van der Waals surface area contributed by atoms with Gasteiger partial charge in [-0.2, -0.15) is 0 Å². The van der Waals surface area contributed by atoms with Crippen LogP contribution < -0.4 is 5.32 Å². The molecule has 5 nitrogen and oxygen atoms in total. The quantitative estimate of drug-likeness (QED) is 0.810. The van der Waals surface area contributed by atoms with Crippen molar-refractivity contribution in [2.45, 2.75) is 19.3 Å². The molecule has 2 aromatic rings. The van der Waals surface area contributed by atoms with Gasteiger partial charge >= 0.3 is 0 Å². The van der Waals surface area contributed by atoms with Crippen LogP contribution in [0.5, 0.6) is 0 Å². The summed E-state index contributed by atoms with van der Waals surface area (Å²) in [7, 11) is 0. The molecule has 2 aromatic carbocycles. The fourth-order valence-corrected chi connectivity index (χ4v) is 3.95. The van der Waals surface area contributed by atoms with Gasteiger partial charge < -0.3 is 10.1 Å². The van der Waals surface area contributed by atoms with E-state index >= 15 is 0 Å². The van der Waals surface area contributed by atoms with Gasteiger partial charge in [-0.05, 0) is 36.6 Å². The lowest BCUT2D eigenvalue weighted by atomic mass is 9.84. The molecule has 28 heavy (non-hydrogen) atoms. The van der Waals surface area contributed by atoms with Gasteiger partial charge in [0, 0.05) is 31.7 Å². The molecule has 2 heterocycles. The number of aryl methyl sites for hydroxylation is 1. The predicted octanol–water partition coefficient (Wildman–Crippen LogP) is 3.51. The van der Waals surface area contributed by atoms with Gasteiger partial charge in [-0.3, -0.25) is 14.7 Å². The number of hydrogen-bond acceptors (Lipinski definition) is 4. The minimum atomic E-state index is -0.362. The van der Waals surface area contributed by atoms with Gasteiger partial charge in [0.2, 0.25) is 0 Å². The van der Waals surface area contributed by atoms with Crippen molar-refractivity contribution < 1.29 is 9.53 Å². The molecule has 0 aliphatic carbocycles. The zero-order valence-corrected chi connectivity index (χ0v) is 16.4. The highest BCUT2D eigenvalue weighted by molar-refractivity contribution is 6.26. The van der Waals surface area contributed by atoms with Crippen LogP contribution in [0, 0.1) is 6.92 Å². The first-order valence-electron chi connectivity index (χ1n) is 10.0. The number of carbonyl (C=O) groups is 1. The van der Waals surface area contributed by atoms with Crippen LogP contribution in [0.1, 0.15) is 33.8 Å². The van der Waals surface area contributed by atoms with Crippen LogP contribution in [0.2, 0.25) is 0 Å². The Balaban J connectivity index is 1.55. The van der Waals surface area contributed by atoms with Gasteiger partial charge in [0.05, 0.1) is 18.9 Å². The third-order valence-corrected chi connectivity index (χ3v) is 5.51. The average molecular weight is 377 g/mol. The van der Waals surface area contributed by atoms with Crippen LogP contribution in [0.15, 0.2) is 53.5 Å². The number of ketones is 1. The third kappa shape index (κ3) is 4.01. The van der Waals surface area contributed by atoms with Crippen molar-refractivity contribution in [3.8, 4) is 0 Å². The highest BCUT2D eigenvalue weighted by atomic mass is 16.5. The Kier molecular flexibility index (Phi) is 5.84. The molecule has 0 amide bonds. The smallest absolute Gasteiger partial charge is 0.179 e. The number of morpholine rings is 1. The highest BCUT2D eigenvalue weighted by Gasteiger charge is 2.34. The number of fused-ring (bicyclic) bond motifs is 1. The number of Topliss-reactive ketones (excluding diaryl/α,β-unsaturated/α-hetero) is 1. The summed E-state index contributed by atoms with van der Waals surface area (Å²) in [5.74, 6) is 0.523. The fourth-order valence-electron chi connectivity index (χ4n) is 3.95. The van der Waals surface area contributed by atoms with Crippen molar-refractivity contribution in [1.29, 1.82) is 0 Å². The summed E-state index contributed by atoms with van der Waals surface area (Å²) in [5, 5.41) is 3.44. The summed E-state index contributed by atoms with van der Waals surface area (Å²) in [6, 6.07) is 15.8. The van der Waals surface area contributed by atoms with Crippen molar-refractivity contribution in [3.63, 3.8) is 0 Å². The van der Waals surface area contributed by atoms with Gasteiger partial charge in [-0.1, -0.05) is 36.4 Å². The SMILES string of the molecule is Cc1ccccc1C1C(=O)c2ccccc2NC1=NCCCN1CCOCC1. The number of anilines is 1. The van der Waals surface area contributed by atoms with Gasteiger partial charge in [0.1, 0.15) is 11.8 Å². The number of carbonyl (C=O) groups excluding carboxylic acids is 1. The number of nitrogens with zero attached hydrogens (tertiary/aromatic N) is 2. The number of para-hydroxylation sites is 1. The van der Waals surface area contributed by atoms with E-state index in [0.717, 1.165) is 67.5 Å². The minimum absolute atomic E-state index is 0.121. The van der Waals surface area contributed by atoms with Crippen LogP contribution >= 0.6 is 0 Å². The van der Waals surface area contributed by atoms with Crippen molar-refractivity contribution in [2.75, 3.05) is 44.7 Å². The van der Waals surface area contributed by atoms with Gasteiger partial charge in [0.25, 0.3) is 0 Å². The van der Waals surface area contributed by atoms with E-state index in [4.69, 9.17) is 9.73 Å². The van der Waals surface area contributed by atoms with Crippen molar-refractivity contribution in [3.05, 3.63) is 65.2 Å². The van der Waals surface area contributed by atoms with Crippen molar-refractivity contribution in [2.24, 2.45) is 4.99 Å². The molecule has 146 valence electrons. The Hall–Kier alpha value is -2.50. The van der Waals surface area contributed by atoms with Crippen LogP contribution in [-0.2, 0) is 4.74 Å². The van der Waals surface area contributed by atoms with Crippen molar-refractivity contribution in [1.82, 2.24) is 4.90 Å². The number of ether oxygens (including phenoxy) is 1. The van der Waals surface area contributed by atoms with E-state index in [-0.39, 0.29) is 11.7 Å². The topological polar surface area (TPSA) is 53.9 Å². The number of nitrogens with one attached hydrogen (secondary N) is 1. The van der Waals surface area contributed by atoms with E-state index in [9.17, 15) is 4.79 Å². The Labute approximate surface area is 166 Å². The highest BCUT2D eigenvalue weighted by Crippen LogP contribution is 2.33. The molecule has 1 N–H and O–H groups in total. The third-order valence-electron chi connectivity index (χ3n) is 5.51. The number of aliphatic imine (C=N–C) groups is 1. The Morgan fingerprint density at radius 2 is 1.86 bits per heavy atom. The van der Waals surface area contributed by atoms with E-state index in [1.807, 2.05) is 42.5 Å². The molecule has 0 saturated carbocycles. The molecule has 4 rings (SSSR count). The molecule has 1 unspecified atom stereocenters. The van der Waals surface area contributed by atoms with E-state index in [1.165, 1.54) is 0 Å². The molecule has 1 fully saturated rings. The number of hydrogen-bond donors (Lipinski definition) is 1. The van der Waals surface area contributed by atoms with Gasteiger partial charge in [-0.15, -0.1) is 0 Å². The maximum absolute atomic E-state index is 13.3. The first kappa shape index (κ1) is 18.8. The Morgan fingerprint density at radius 3 is 2.68 bits per heavy atom.